The van der Waals surface area contributed by atoms with E-state index in [2.05, 4.69) is 37.9 Å². The molecule has 2 amide bonds. The van der Waals surface area contributed by atoms with E-state index in [0.717, 1.165) is 5.56 Å². The summed E-state index contributed by atoms with van der Waals surface area (Å²) in [6.07, 6.45) is -0.551. The minimum atomic E-state index is -0.878. The Hall–Kier alpha value is -2.35. The Bertz CT molecular complexity index is 591. The fourth-order valence-corrected chi connectivity index (χ4v) is 2.05. The Balaban J connectivity index is 2.36. The first kappa shape index (κ1) is 19.7. The summed E-state index contributed by atoms with van der Waals surface area (Å²) >= 11 is 3.12. The maximum atomic E-state index is 11.8. The molecule has 0 aliphatic heterocycles. The molecule has 130 valence electrons. The van der Waals surface area contributed by atoms with E-state index < -0.39 is 24.0 Å². The quantitative estimate of drug-likeness (QED) is 0.651. The van der Waals surface area contributed by atoms with Gasteiger partial charge in [-0.05, 0) is 10.0 Å². The maximum Gasteiger partial charge on any atom is 0.407 e. The normalized spacial score (nSPS) is 11.1. The van der Waals surface area contributed by atoms with Gasteiger partial charge < -0.3 is 20.1 Å². The number of rotatable bonds is 8. The number of halogens is 1. The zero-order valence-corrected chi connectivity index (χ0v) is 14.8. The number of nitrogens with one attached hydrogen (secondary N) is 2. The molecule has 0 bridgehead atoms. The van der Waals surface area contributed by atoms with Gasteiger partial charge in [0.15, 0.2) is 0 Å². The third-order valence-electron chi connectivity index (χ3n) is 2.85. The van der Waals surface area contributed by atoms with Crippen LogP contribution in [0.25, 0.3) is 0 Å². The van der Waals surface area contributed by atoms with Crippen molar-refractivity contribution in [2.24, 2.45) is 0 Å². The van der Waals surface area contributed by atoms with Crippen LogP contribution in [-0.4, -0.2) is 37.7 Å². The first-order valence-electron chi connectivity index (χ1n) is 7.07. The van der Waals surface area contributed by atoms with Gasteiger partial charge in [-0.2, -0.15) is 0 Å². The van der Waals surface area contributed by atoms with E-state index in [9.17, 15) is 14.4 Å². The topological polar surface area (TPSA) is 93.7 Å². The molecule has 1 atom stereocenters. The smallest absolute Gasteiger partial charge is 0.407 e. The third-order valence-corrected chi connectivity index (χ3v) is 3.18. The van der Waals surface area contributed by atoms with Gasteiger partial charge in [-0.3, -0.25) is 4.79 Å². The molecule has 0 radical (unpaired) electrons. The van der Waals surface area contributed by atoms with E-state index in [-0.39, 0.29) is 19.6 Å². The zero-order valence-electron chi connectivity index (χ0n) is 13.2. The lowest BCUT2D eigenvalue weighted by Crippen LogP contribution is -2.46. The van der Waals surface area contributed by atoms with Crippen LogP contribution in [0.3, 0.4) is 0 Å². The minimum absolute atomic E-state index is 0.0997. The van der Waals surface area contributed by atoms with Crippen molar-refractivity contribution < 1.29 is 23.9 Å². The summed E-state index contributed by atoms with van der Waals surface area (Å²) in [5.41, 5.74) is 0.832. The van der Waals surface area contributed by atoms with Crippen molar-refractivity contribution in [1.82, 2.24) is 10.6 Å². The Labute approximate surface area is 148 Å². The number of benzene rings is 1. The number of carbonyl (C=O) groups excluding carboxylic acids is 3. The fraction of sp³-hybridized carbons (Fsp3) is 0.312. The third kappa shape index (κ3) is 7.77. The molecule has 0 aromatic heterocycles. The molecule has 8 heteroatoms. The number of alkyl carbamates (subject to hydrolysis) is 1. The molecule has 0 heterocycles. The standard InChI is InChI=1S/C16H19BrN2O5/c1-11(17)8-13(15(21)23-2)19-14(20)9-18-16(22)24-10-12-6-4-3-5-7-12/h3-7,13H,1,8-10H2,2H3,(H,18,22)(H,19,20)/t13-/m0/s1. The zero-order chi connectivity index (χ0) is 17.9. The molecule has 1 aromatic rings. The summed E-state index contributed by atoms with van der Waals surface area (Å²) < 4.78 is 10.1. The predicted octanol–water partition coefficient (Wildman–Crippen LogP) is 1.87. The van der Waals surface area contributed by atoms with E-state index in [1.54, 1.807) is 0 Å². The van der Waals surface area contributed by atoms with E-state index in [4.69, 9.17) is 4.74 Å². The summed E-state index contributed by atoms with van der Waals surface area (Å²) in [6.45, 7) is 3.39. The Kier molecular flexibility index (Phi) is 8.56. The molecule has 0 saturated heterocycles. The number of methoxy groups -OCH3 is 1. The monoisotopic (exact) mass is 398 g/mol. The summed E-state index contributed by atoms with van der Waals surface area (Å²) in [4.78, 5) is 34.9. The lowest BCUT2D eigenvalue weighted by Gasteiger charge is -2.16. The van der Waals surface area contributed by atoms with Crippen molar-refractivity contribution in [2.75, 3.05) is 13.7 Å². The van der Waals surface area contributed by atoms with Gasteiger partial charge in [-0.1, -0.05) is 52.8 Å². The van der Waals surface area contributed by atoms with Gasteiger partial charge in [0.25, 0.3) is 0 Å². The number of hydrogen-bond donors (Lipinski definition) is 2. The average molecular weight is 399 g/mol. The second kappa shape index (κ2) is 10.4. The number of amides is 2. The molecule has 0 saturated carbocycles. The van der Waals surface area contributed by atoms with Gasteiger partial charge in [0.05, 0.1) is 7.11 Å². The molecule has 1 aromatic carbocycles. The van der Waals surface area contributed by atoms with Crippen molar-refractivity contribution in [3.8, 4) is 0 Å². The van der Waals surface area contributed by atoms with Crippen LogP contribution in [0.2, 0.25) is 0 Å². The highest BCUT2D eigenvalue weighted by Gasteiger charge is 2.22. The van der Waals surface area contributed by atoms with Gasteiger partial charge in [0.2, 0.25) is 5.91 Å². The minimum Gasteiger partial charge on any atom is -0.467 e. The van der Waals surface area contributed by atoms with Gasteiger partial charge in [0.1, 0.15) is 19.2 Å². The highest BCUT2D eigenvalue weighted by Crippen LogP contribution is 2.10. The van der Waals surface area contributed by atoms with Crippen LogP contribution in [0.15, 0.2) is 41.4 Å². The molecule has 1 rings (SSSR count). The van der Waals surface area contributed by atoms with Crippen molar-refractivity contribution >= 4 is 33.9 Å². The Morgan fingerprint density at radius 1 is 1.25 bits per heavy atom. The van der Waals surface area contributed by atoms with Crippen LogP contribution in [0.4, 0.5) is 4.79 Å². The van der Waals surface area contributed by atoms with E-state index >= 15 is 0 Å². The lowest BCUT2D eigenvalue weighted by molar-refractivity contribution is -0.144. The molecule has 0 fully saturated rings. The molecule has 0 aliphatic carbocycles. The highest BCUT2D eigenvalue weighted by atomic mass is 79.9. The first-order chi connectivity index (χ1) is 11.4. The summed E-state index contributed by atoms with van der Waals surface area (Å²) in [7, 11) is 1.22. The van der Waals surface area contributed by atoms with Crippen LogP contribution in [0, 0.1) is 0 Å². The highest BCUT2D eigenvalue weighted by molar-refractivity contribution is 9.11. The van der Waals surface area contributed by atoms with Crippen LogP contribution < -0.4 is 10.6 Å². The molecule has 7 nitrogen and oxygen atoms in total. The molecular weight excluding hydrogens is 380 g/mol. The molecular formula is C16H19BrN2O5. The molecule has 0 aliphatic rings. The van der Waals surface area contributed by atoms with Crippen LogP contribution in [-0.2, 0) is 25.7 Å². The second-order valence-corrected chi connectivity index (χ2v) is 5.90. The van der Waals surface area contributed by atoms with Crippen molar-refractivity contribution in [3.63, 3.8) is 0 Å². The molecule has 24 heavy (non-hydrogen) atoms. The number of esters is 1. The van der Waals surface area contributed by atoms with Crippen molar-refractivity contribution in [2.45, 2.75) is 19.1 Å². The summed E-state index contributed by atoms with van der Waals surface area (Å²) in [5, 5.41) is 4.76. The Morgan fingerprint density at radius 3 is 2.50 bits per heavy atom. The largest absolute Gasteiger partial charge is 0.467 e. The fourth-order valence-electron chi connectivity index (χ4n) is 1.73. The van der Waals surface area contributed by atoms with Gasteiger partial charge in [0, 0.05) is 6.42 Å². The van der Waals surface area contributed by atoms with E-state index in [1.165, 1.54) is 7.11 Å². The number of carbonyl (C=O) groups is 3. The molecule has 2 N–H and O–H groups in total. The predicted molar refractivity (Wildman–Crippen MR) is 91.3 cm³/mol. The van der Waals surface area contributed by atoms with Crippen molar-refractivity contribution in [3.05, 3.63) is 47.0 Å². The van der Waals surface area contributed by atoms with Crippen molar-refractivity contribution in [1.29, 1.82) is 0 Å². The van der Waals surface area contributed by atoms with Crippen LogP contribution in [0.5, 0.6) is 0 Å². The SMILES string of the molecule is C=C(Br)C[C@H](NC(=O)CNC(=O)OCc1ccccc1)C(=O)OC. The van der Waals surface area contributed by atoms with E-state index in [1.807, 2.05) is 30.3 Å². The van der Waals surface area contributed by atoms with Gasteiger partial charge in [-0.15, -0.1) is 0 Å². The number of hydrogen-bond acceptors (Lipinski definition) is 5. The van der Waals surface area contributed by atoms with Gasteiger partial charge >= 0.3 is 12.1 Å². The number of ether oxygens (including phenoxy) is 2. The van der Waals surface area contributed by atoms with Crippen LogP contribution >= 0.6 is 15.9 Å². The maximum absolute atomic E-state index is 11.8. The second-order valence-electron chi connectivity index (χ2n) is 4.78. The Morgan fingerprint density at radius 2 is 1.92 bits per heavy atom. The van der Waals surface area contributed by atoms with Gasteiger partial charge in [-0.25, -0.2) is 9.59 Å². The van der Waals surface area contributed by atoms with Crippen LogP contribution in [0.1, 0.15) is 12.0 Å². The average Bonchev–Trinajstić information content (AvgIpc) is 2.57. The summed E-state index contributed by atoms with van der Waals surface area (Å²) in [6, 6.07) is 8.26. The molecule has 0 spiro atoms. The first-order valence-corrected chi connectivity index (χ1v) is 7.86. The molecule has 0 unspecified atom stereocenters. The lowest BCUT2D eigenvalue weighted by atomic mass is 10.2. The summed E-state index contributed by atoms with van der Waals surface area (Å²) in [5.74, 6) is -1.15. The van der Waals surface area contributed by atoms with E-state index in [0.29, 0.717) is 4.48 Å².